The van der Waals surface area contributed by atoms with Crippen LogP contribution in [0.4, 0.5) is 4.39 Å². The van der Waals surface area contributed by atoms with Crippen molar-refractivity contribution in [2.24, 2.45) is 0 Å². The van der Waals surface area contributed by atoms with Crippen LogP contribution in [0.3, 0.4) is 0 Å². The van der Waals surface area contributed by atoms with Crippen molar-refractivity contribution in [2.75, 3.05) is 7.11 Å². The van der Waals surface area contributed by atoms with Gasteiger partial charge in [0.25, 0.3) is 11.7 Å². The molecule has 1 atom stereocenters. The van der Waals surface area contributed by atoms with Crippen molar-refractivity contribution in [1.29, 1.82) is 0 Å². The molecule has 6 nitrogen and oxygen atoms in total. The van der Waals surface area contributed by atoms with Crippen LogP contribution in [0, 0.1) is 12.7 Å². The average Bonchev–Trinajstić information content (AvgIpc) is 3.04. The number of amides is 1. The number of carbonyl (C=O) groups excluding carboxylic acids is 2. The fourth-order valence-corrected chi connectivity index (χ4v) is 3.94. The first-order valence-electron chi connectivity index (χ1n) is 10.0. The van der Waals surface area contributed by atoms with Crippen molar-refractivity contribution in [3.05, 3.63) is 101 Å². The number of ketones is 1. The van der Waals surface area contributed by atoms with E-state index in [0.717, 1.165) is 11.1 Å². The zero-order valence-corrected chi connectivity index (χ0v) is 17.6. The molecule has 2 aromatic carbocycles. The second kappa shape index (κ2) is 8.63. The molecule has 1 fully saturated rings. The van der Waals surface area contributed by atoms with E-state index in [4.69, 9.17) is 4.74 Å². The Hall–Kier alpha value is -4.00. The van der Waals surface area contributed by atoms with Crippen molar-refractivity contribution in [2.45, 2.75) is 19.5 Å². The van der Waals surface area contributed by atoms with Gasteiger partial charge in [-0.3, -0.25) is 9.59 Å². The Balaban J connectivity index is 1.86. The predicted octanol–water partition coefficient (Wildman–Crippen LogP) is 3.58. The Kier molecular flexibility index (Phi) is 5.73. The SMILES string of the molecule is COc1ccc(C(O)=C2C(=O)C(=O)N(Cc3ccc[nH+]c3)C2c2ccc(F)cc2)cc1C. The zero-order valence-electron chi connectivity index (χ0n) is 17.6. The Labute approximate surface area is 184 Å². The van der Waals surface area contributed by atoms with E-state index in [1.54, 1.807) is 43.8 Å². The molecule has 0 bridgehead atoms. The first-order chi connectivity index (χ1) is 15.4. The van der Waals surface area contributed by atoms with Crippen molar-refractivity contribution >= 4 is 17.4 Å². The first kappa shape index (κ1) is 21.2. The maximum atomic E-state index is 13.6. The van der Waals surface area contributed by atoms with Crippen LogP contribution in [0.2, 0.25) is 0 Å². The molecule has 1 saturated heterocycles. The van der Waals surface area contributed by atoms with Gasteiger partial charge in [-0.2, -0.15) is 0 Å². The topological polar surface area (TPSA) is 81.0 Å². The van der Waals surface area contributed by atoms with Gasteiger partial charge in [0.05, 0.1) is 25.3 Å². The molecular weight excluding hydrogens is 411 g/mol. The Morgan fingerprint density at radius 2 is 1.91 bits per heavy atom. The molecule has 1 amide bonds. The summed E-state index contributed by atoms with van der Waals surface area (Å²) in [7, 11) is 1.54. The molecule has 1 aliphatic heterocycles. The second-order valence-corrected chi connectivity index (χ2v) is 7.57. The highest BCUT2D eigenvalue weighted by molar-refractivity contribution is 6.46. The van der Waals surface area contributed by atoms with Crippen LogP contribution in [-0.4, -0.2) is 28.8 Å². The summed E-state index contributed by atoms with van der Waals surface area (Å²) in [5.41, 5.74) is 2.43. The van der Waals surface area contributed by atoms with Crippen LogP contribution in [0.1, 0.15) is 28.3 Å². The highest BCUT2D eigenvalue weighted by Crippen LogP contribution is 2.40. The third-order valence-corrected chi connectivity index (χ3v) is 5.52. The van der Waals surface area contributed by atoms with Gasteiger partial charge in [0, 0.05) is 17.2 Å². The van der Waals surface area contributed by atoms with Crippen molar-refractivity contribution < 1.29 is 28.8 Å². The molecule has 1 aliphatic rings. The number of halogens is 1. The number of aromatic nitrogens is 1. The molecule has 162 valence electrons. The number of aliphatic hydroxyl groups excluding tert-OH is 1. The molecule has 0 saturated carbocycles. The van der Waals surface area contributed by atoms with Crippen LogP contribution in [0.25, 0.3) is 5.76 Å². The van der Waals surface area contributed by atoms with E-state index in [9.17, 15) is 19.1 Å². The van der Waals surface area contributed by atoms with E-state index in [2.05, 4.69) is 4.98 Å². The Morgan fingerprint density at radius 1 is 1.16 bits per heavy atom. The second-order valence-electron chi connectivity index (χ2n) is 7.57. The highest BCUT2D eigenvalue weighted by Gasteiger charge is 2.46. The molecule has 1 unspecified atom stereocenters. The number of ether oxygens (including phenoxy) is 1. The van der Waals surface area contributed by atoms with Gasteiger partial charge in [-0.15, -0.1) is 0 Å². The molecule has 0 aliphatic carbocycles. The number of carbonyl (C=O) groups is 2. The molecule has 32 heavy (non-hydrogen) atoms. The number of hydrogen-bond acceptors (Lipinski definition) is 4. The minimum absolute atomic E-state index is 0.0360. The maximum Gasteiger partial charge on any atom is 0.295 e. The number of aliphatic hydroxyl groups is 1. The lowest BCUT2D eigenvalue weighted by molar-refractivity contribution is -0.378. The van der Waals surface area contributed by atoms with E-state index >= 15 is 0 Å². The molecule has 2 heterocycles. The first-order valence-corrected chi connectivity index (χ1v) is 10.0. The third kappa shape index (κ3) is 3.85. The predicted molar refractivity (Wildman–Crippen MR) is 115 cm³/mol. The summed E-state index contributed by atoms with van der Waals surface area (Å²) in [5, 5.41) is 11.1. The van der Waals surface area contributed by atoms with Gasteiger partial charge in [-0.25, -0.2) is 9.37 Å². The summed E-state index contributed by atoms with van der Waals surface area (Å²) in [6, 6.07) is 13.3. The number of hydrogen-bond donors (Lipinski definition) is 1. The van der Waals surface area contributed by atoms with E-state index in [1.165, 1.54) is 29.2 Å². The lowest BCUT2D eigenvalue weighted by Crippen LogP contribution is -2.29. The fourth-order valence-electron chi connectivity index (χ4n) is 3.94. The lowest BCUT2D eigenvalue weighted by Gasteiger charge is -2.25. The number of likely N-dealkylation sites (tertiary alicyclic amines) is 1. The minimum atomic E-state index is -0.863. The number of rotatable bonds is 5. The van der Waals surface area contributed by atoms with Crippen molar-refractivity contribution in [3.8, 4) is 5.75 Å². The third-order valence-electron chi connectivity index (χ3n) is 5.52. The number of H-pyrrole nitrogens is 1. The van der Waals surface area contributed by atoms with Gasteiger partial charge >= 0.3 is 0 Å². The summed E-state index contributed by atoms with van der Waals surface area (Å²) in [6.07, 6.45) is 3.47. The molecule has 4 rings (SSSR count). The van der Waals surface area contributed by atoms with Crippen LogP contribution >= 0.6 is 0 Å². The number of nitrogens with zero attached hydrogens (tertiary/aromatic N) is 1. The molecular formula is C25H22FN2O4+. The number of nitrogens with one attached hydrogen (secondary N) is 1. The smallest absolute Gasteiger partial charge is 0.295 e. The van der Waals surface area contributed by atoms with Gasteiger partial charge < -0.3 is 14.7 Å². The molecule has 3 aromatic rings. The average molecular weight is 433 g/mol. The molecule has 1 aromatic heterocycles. The summed E-state index contributed by atoms with van der Waals surface area (Å²) < 4.78 is 18.8. The summed E-state index contributed by atoms with van der Waals surface area (Å²) in [4.78, 5) is 30.4. The number of aromatic amines is 1. The number of aryl methyl sites for hydroxylation is 1. The van der Waals surface area contributed by atoms with E-state index in [-0.39, 0.29) is 17.9 Å². The van der Waals surface area contributed by atoms with E-state index in [0.29, 0.717) is 16.9 Å². The number of pyridine rings is 1. The Morgan fingerprint density at radius 3 is 2.53 bits per heavy atom. The van der Waals surface area contributed by atoms with Crippen LogP contribution in [0.15, 0.2) is 72.6 Å². The number of Topliss-reactive ketones (excluding diaryl/α,β-unsaturated/α-hetero) is 1. The van der Waals surface area contributed by atoms with Crippen molar-refractivity contribution in [1.82, 2.24) is 4.90 Å². The molecule has 2 N–H and O–H groups in total. The standard InChI is InChI=1S/C25H21FN2O4/c1-15-12-18(7-10-20(15)32-2)23(29)21-22(17-5-8-19(26)9-6-17)28(25(31)24(21)30)14-16-4-3-11-27-13-16/h3-13,22,29H,14H2,1-2H3/p+1. The molecule has 0 radical (unpaired) electrons. The van der Waals surface area contributed by atoms with Crippen molar-refractivity contribution in [3.63, 3.8) is 0 Å². The number of benzene rings is 2. The highest BCUT2D eigenvalue weighted by atomic mass is 19.1. The van der Waals surface area contributed by atoms with Crippen LogP contribution in [-0.2, 0) is 16.1 Å². The molecule has 7 heteroatoms. The van der Waals surface area contributed by atoms with E-state index in [1.807, 2.05) is 13.0 Å². The summed E-state index contributed by atoms with van der Waals surface area (Å²) in [5.74, 6) is -1.60. The molecule has 0 spiro atoms. The van der Waals surface area contributed by atoms with Crippen LogP contribution in [0.5, 0.6) is 5.75 Å². The summed E-state index contributed by atoms with van der Waals surface area (Å²) >= 11 is 0. The quantitative estimate of drug-likeness (QED) is 0.379. The van der Waals surface area contributed by atoms with Gasteiger partial charge in [0.1, 0.15) is 17.3 Å². The number of methoxy groups -OCH3 is 1. The lowest BCUT2D eigenvalue weighted by atomic mass is 9.94. The monoisotopic (exact) mass is 433 g/mol. The minimum Gasteiger partial charge on any atom is -0.507 e. The van der Waals surface area contributed by atoms with Gasteiger partial charge in [0.2, 0.25) is 0 Å². The van der Waals surface area contributed by atoms with Gasteiger partial charge in [-0.1, -0.05) is 12.1 Å². The van der Waals surface area contributed by atoms with Gasteiger partial charge in [0.15, 0.2) is 12.4 Å². The fraction of sp³-hybridized carbons (Fsp3) is 0.160. The largest absolute Gasteiger partial charge is 0.507 e. The maximum absolute atomic E-state index is 13.6. The Bertz CT molecular complexity index is 1210. The van der Waals surface area contributed by atoms with Gasteiger partial charge in [-0.05, 0) is 54.4 Å². The van der Waals surface area contributed by atoms with E-state index < -0.39 is 23.5 Å². The normalized spacial score (nSPS) is 17.6. The van der Waals surface area contributed by atoms with Crippen LogP contribution < -0.4 is 9.72 Å². The zero-order chi connectivity index (χ0) is 22.8. The summed E-state index contributed by atoms with van der Waals surface area (Å²) in [6.45, 7) is 1.96.